The van der Waals surface area contributed by atoms with Crippen LogP contribution >= 0.6 is 0 Å². The first-order valence-corrected chi connectivity index (χ1v) is 14.1. The first-order chi connectivity index (χ1) is 17.7. The molecule has 1 fully saturated rings. The predicted molar refractivity (Wildman–Crippen MR) is 145 cm³/mol. The number of piperazine rings is 1. The van der Waals surface area contributed by atoms with Crippen molar-refractivity contribution < 1.29 is 17.9 Å². The fourth-order valence-corrected chi connectivity index (χ4v) is 6.01. The van der Waals surface area contributed by atoms with E-state index in [9.17, 15) is 13.2 Å². The van der Waals surface area contributed by atoms with Crippen LogP contribution in [0.25, 0.3) is 0 Å². The summed E-state index contributed by atoms with van der Waals surface area (Å²) in [6.07, 6.45) is 0. The normalized spacial score (nSPS) is 14.8. The number of rotatable bonds is 9. The zero-order valence-corrected chi connectivity index (χ0v) is 22.4. The fourth-order valence-electron chi connectivity index (χ4n) is 4.67. The van der Waals surface area contributed by atoms with Gasteiger partial charge in [0, 0.05) is 32.2 Å². The van der Waals surface area contributed by atoms with Crippen molar-refractivity contribution in [2.24, 2.45) is 0 Å². The molecular weight excluding hydrogens is 486 g/mol. The summed E-state index contributed by atoms with van der Waals surface area (Å²) < 4.78 is 33.2. The molecule has 1 heterocycles. The Bertz CT molecular complexity index is 1250. The number of hydrogen-bond acceptors (Lipinski definition) is 5. The van der Waals surface area contributed by atoms with Crippen LogP contribution in [0.5, 0.6) is 5.75 Å². The molecule has 37 heavy (non-hydrogen) atoms. The van der Waals surface area contributed by atoms with E-state index in [1.54, 1.807) is 32.9 Å². The van der Waals surface area contributed by atoms with E-state index in [0.29, 0.717) is 24.4 Å². The molecule has 0 radical (unpaired) electrons. The molecule has 1 N–H and O–H groups in total. The Morgan fingerprint density at radius 2 is 1.46 bits per heavy atom. The van der Waals surface area contributed by atoms with Crippen LogP contribution in [0.15, 0.2) is 83.8 Å². The molecule has 1 amide bonds. The van der Waals surface area contributed by atoms with Crippen LogP contribution in [0.2, 0.25) is 0 Å². The lowest BCUT2D eigenvalue weighted by atomic mass is 9.96. The van der Waals surface area contributed by atoms with Crippen molar-refractivity contribution in [3.63, 3.8) is 0 Å². The van der Waals surface area contributed by atoms with Gasteiger partial charge in [-0.3, -0.25) is 9.69 Å². The monoisotopic (exact) mass is 521 g/mol. The van der Waals surface area contributed by atoms with Crippen LogP contribution < -0.4 is 9.46 Å². The Hall–Kier alpha value is -3.20. The van der Waals surface area contributed by atoms with Gasteiger partial charge in [-0.15, -0.1) is 0 Å². The van der Waals surface area contributed by atoms with Gasteiger partial charge < -0.3 is 9.64 Å². The van der Waals surface area contributed by atoms with Crippen molar-refractivity contribution in [2.75, 3.05) is 32.8 Å². The van der Waals surface area contributed by atoms with Crippen molar-refractivity contribution in [1.82, 2.24) is 14.5 Å². The largest absolute Gasteiger partial charge is 0.483 e. The van der Waals surface area contributed by atoms with Gasteiger partial charge in [-0.25, -0.2) is 13.1 Å². The Labute approximate surface area is 220 Å². The first-order valence-electron chi connectivity index (χ1n) is 12.6. The number of hydrogen-bond donors (Lipinski definition) is 1. The van der Waals surface area contributed by atoms with E-state index in [0.717, 1.165) is 13.1 Å². The van der Waals surface area contributed by atoms with E-state index in [1.165, 1.54) is 17.2 Å². The zero-order valence-electron chi connectivity index (χ0n) is 21.6. The van der Waals surface area contributed by atoms with Crippen LogP contribution in [0.4, 0.5) is 0 Å². The van der Waals surface area contributed by atoms with E-state index >= 15 is 0 Å². The summed E-state index contributed by atoms with van der Waals surface area (Å²) in [5.74, 6) is 0.428. The minimum atomic E-state index is -3.59. The first kappa shape index (κ1) is 26.9. The third kappa shape index (κ3) is 6.77. The summed E-state index contributed by atoms with van der Waals surface area (Å²) in [5.41, 5.74) is 3.14. The molecule has 0 bridgehead atoms. The van der Waals surface area contributed by atoms with Gasteiger partial charge in [-0.05, 0) is 55.7 Å². The van der Waals surface area contributed by atoms with E-state index in [1.807, 2.05) is 17.0 Å². The molecule has 4 rings (SSSR count). The second-order valence-corrected chi connectivity index (χ2v) is 11.3. The van der Waals surface area contributed by atoms with Crippen LogP contribution in [0.3, 0.4) is 0 Å². The Morgan fingerprint density at radius 1 is 0.892 bits per heavy atom. The predicted octanol–water partition coefficient (Wildman–Crippen LogP) is 3.99. The molecule has 0 aliphatic carbocycles. The molecule has 0 saturated carbocycles. The third-order valence-electron chi connectivity index (χ3n) is 6.46. The summed E-state index contributed by atoms with van der Waals surface area (Å²) in [6.45, 7) is 8.00. The lowest BCUT2D eigenvalue weighted by Crippen LogP contribution is -2.51. The van der Waals surface area contributed by atoms with Gasteiger partial charge in [0.15, 0.2) is 6.61 Å². The lowest BCUT2D eigenvalue weighted by Gasteiger charge is -2.39. The molecular formula is C29H35N3O4S. The van der Waals surface area contributed by atoms with Crippen molar-refractivity contribution in [3.05, 3.63) is 95.6 Å². The average molecular weight is 522 g/mol. The maximum absolute atomic E-state index is 12.9. The van der Waals surface area contributed by atoms with Gasteiger partial charge in [-0.1, -0.05) is 60.7 Å². The molecule has 196 valence electrons. The topological polar surface area (TPSA) is 78.9 Å². The highest BCUT2D eigenvalue weighted by Gasteiger charge is 2.28. The third-order valence-corrected chi connectivity index (χ3v) is 8.12. The Kier molecular flexibility index (Phi) is 8.63. The van der Waals surface area contributed by atoms with Gasteiger partial charge >= 0.3 is 0 Å². The number of aryl methyl sites for hydroxylation is 1. The standard InChI is InChI=1S/C29H35N3O4S/c1-22(2)30-37(34,35)26-14-15-27(23(3)20-26)36-21-28(33)31-16-18-32(19-17-31)29(24-10-6-4-7-11-24)25-12-8-5-9-13-25/h4-15,20,22,29-30H,16-19,21H2,1-3H3. The SMILES string of the molecule is Cc1cc(S(=O)(=O)NC(C)C)ccc1OCC(=O)N1CCN(C(c2ccccc2)c2ccccc2)CC1. The molecule has 0 spiro atoms. The molecule has 1 aliphatic heterocycles. The molecule has 8 heteroatoms. The number of amides is 1. The van der Waals surface area contributed by atoms with Gasteiger partial charge in [0.1, 0.15) is 5.75 Å². The van der Waals surface area contributed by atoms with Crippen LogP contribution in [0, 0.1) is 6.92 Å². The molecule has 0 aromatic heterocycles. The highest BCUT2D eigenvalue weighted by atomic mass is 32.2. The summed E-state index contributed by atoms with van der Waals surface area (Å²) in [4.78, 5) is 17.4. The molecule has 3 aromatic rings. The number of ether oxygens (including phenoxy) is 1. The van der Waals surface area contributed by atoms with Gasteiger partial charge in [-0.2, -0.15) is 0 Å². The molecule has 1 saturated heterocycles. The Morgan fingerprint density at radius 3 is 1.97 bits per heavy atom. The quantitative estimate of drug-likeness (QED) is 0.461. The minimum absolute atomic E-state index is 0.0757. The van der Waals surface area contributed by atoms with Gasteiger partial charge in [0.05, 0.1) is 10.9 Å². The van der Waals surface area contributed by atoms with Crippen LogP contribution in [0.1, 0.15) is 36.6 Å². The molecule has 0 atom stereocenters. The number of sulfonamides is 1. The summed E-state index contributed by atoms with van der Waals surface area (Å²) >= 11 is 0. The van der Waals surface area contributed by atoms with Crippen molar-refractivity contribution >= 4 is 15.9 Å². The van der Waals surface area contributed by atoms with Gasteiger partial charge in [0.2, 0.25) is 10.0 Å². The highest BCUT2D eigenvalue weighted by molar-refractivity contribution is 7.89. The van der Waals surface area contributed by atoms with E-state index < -0.39 is 10.0 Å². The number of benzene rings is 3. The number of carbonyl (C=O) groups is 1. The number of nitrogens with one attached hydrogen (secondary N) is 1. The molecule has 3 aromatic carbocycles. The second-order valence-electron chi connectivity index (χ2n) is 9.63. The minimum Gasteiger partial charge on any atom is -0.483 e. The summed E-state index contributed by atoms with van der Waals surface area (Å²) in [7, 11) is -3.59. The molecule has 0 unspecified atom stereocenters. The molecule has 1 aliphatic rings. The van der Waals surface area contributed by atoms with Crippen molar-refractivity contribution in [1.29, 1.82) is 0 Å². The summed E-state index contributed by atoms with van der Waals surface area (Å²) in [6, 6.07) is 25.5. The Balaban J connectivity index is 1.36. The zero-order chi connectivity index (χ0) is 26.4. The van der Waals surface area contributed by atoms with E-state index in [2.05, 4.69) is 58.2 Å². The van der Waals surface area contributed by atoms with Crippen molar-refractivity contribution in [3.8, 4) is 5.75 Å². The van der Waals surface area contributed by atoms with E-state index in [-0.39, 0.29) is 29.5 Å². The fraction of sp³-hybridized carbons (Fsp3) is 0.345. The molecule has 7 nitrogen and oxygen atoms in total. The van der Waals surface area contributed by atoms with Crippen molar-refractivity contribution in [2.45, 2.75) is 37.8 Å². The van der Waals surface area contributed by atoms with E-state index in [4.69, 9.17) is 4.74 Å². The highest BCUT2D eigenvalue weighted by Crippen LogP contribution is 2.29. The lowest BCUT2D eigenvalue weighted by molar-refractivity contribution is -0.135. The number of nitrogens with zero attached hydrogens (tertiary/aromatic N) is 2. The smallest absolute Gasteiger partial charge is 0.260 e. The maximum atomic E-state index is 12.9. The van der Waals surface area contributed by atoms with Crippen LogP contribution in [-0.2, 0) is 14.8 Å². The maximum Gasteiger partial charge on any atom is 0.260 e. The average Bonchev–Trinajstić information content (AvgIpc) is 2.89. The second kappa shape index (κ2) is 11.9. The van der Waals surface area contributed by atoms with Gasteiger partial charge in [0.25, 0.3) is 5.91 Å². The number of carbonyl (C=O) groups excluding carboxylic acids is 1. The summed E-state index contributed by atoms with van der Waals surface area (Å²) in [5, 5.41) is 0. The van der Waals surface area contributed by atoms with Crippen LogP contribution in [-0.4, -0.2) is 63.0 Å².